The van der Waals surface area contributed by atoms with Gasteiger partial charge < -0.3 is 15.2 Å². The highest BCUT2D eigenvalue weighted by Crippen LogP contribution is 2.16. The molecule has 2 aromatic heterocycles. The lowest BCUT2D eigenvalue weighted by Gasteiger charge is -1.84. The molecular formula is C7H5N5O. The van der Waals surface area contributed by atoms with Crippen molar-refractivity contribution in [1.29, 1.82) is 5.26 Å². The number of H-pyrrole nitrogens is 1. The number of rotatable bonds is 1. The number of hydrogen-bond acceptors (Lipinski definition) is 5. The van der Waals surface area contributed by atoms with E-state index >= 15 is 0 Å². The molecule has 0 unspecified atom stereocenters. The van der Waals surface area contributed by atoms with E-state index in [1.54, 1.807) is 12.1 Å². The molecule has 64 valence electrons. The molecule has 0 saturated carbocycles. The minimum absolute atomic E-state index is 0.0723. The van der Waals surface area contributed by atoms with Crippen molar-refractivity contribution in [3.8, 4) is 17.7 Å². The fourth-order valence-electron chi connectivity index (χ4n) is 0.929. The fraction of sp³-hybridized carbons (Fsp3) is 0. The SMILES string of the molecule is N#Cc1ccc(-c2nc(N)no2)[nH]1. The Bertz CT molecular complexity index is 463. The molecule has 13 heavy (non-hydrogen) atoms. The smallest absolute Gasteiger partial charge is 0.275 e. The van der Waals surface area contributed by atoms with Crippen LogP contribution in [0.2, 0.25) is 0 Å². The lowest BCUT2D eigenvalue weighted by Crippen LogP contribution is -1.85. The first-order valence-corrected chi connectivity index (χ1v) is 3.48. The minimum atomic E-state index is 0.0723. The molecule has 0 aliphatic carbocycles. The number of nitrogens with zero attached hydrogens (tertiary/aromatic N) is 3. The van der Waals surface area contributed by atoms with Crippen LogP contribution in [0, 0.1) is 11.3 Å². The minimum Gasteiger partial charge on any atom is -0.365 e. The van der Waals surface area contributed by atoms with Crippen LogP contribution in [-0.4, -0.2) is 15.1 Å². The van der Waals surface area contributed by atoms with Crippen molar-refractivity contribution >= 4 is 5.95 Å². The lowest BCUT2D eigenvalue weighted by atomic mass is 10.4. The normalized spacial score (nSPS) is 9.77. The molecule has 0 amide bonds. The molecule has 0 spiro atoms. The Balaban J connectivity index is 2.42. The van der Waals surface area contributed by atoms with Gasteiger partial charge in [-0.1, -0.05) is 0 Å². The van der Waals surface area contributed by atoms with E-state index in [-0.39, 0.29) is 11.8 Å². The summed E-state index contributed by atoms with van der Waals surface area (Å²) < 4.78 is 4.78. The molecule has 0 atom stereocenters. The maximum absolute atomic E-state index is 8.53. The maximum atomic E-state index is 8.53. The summed E-state index contributed by atoms with van der Waals surface area (Å²) in [4.78, 5) is 6.57. The van der Waals surface area contributed by atoms with Crippen LogP contribution in [0.3, 0.4) is 0 Å². The van der Waals surface area contributed by atoms with E-state index in [0.29, 0.717) is 11.4 Å². The summed E-state index contributed by atoms with van der Waals surface area (Å²) in [6, 6.07) is 5.24. The van der Waals surface area contributed by atoms with Crippen molar-refractivity contribution in [3.05, 3.63) is 17.8 Å². The third-order valence-electron chi connectivity index (χ3n) is 1.48. The fourth-order valence-corrected chi connectivity index (χ4v) is 0.929. The molecule has 0 saturated heterocycles. The summed E-state index contributed by atoms with van der Waals surface area (Å²) in [6.07, 6.45) is 0. The molecule has 0 aliphatic heterocycles. The Morgan fingerprint density at radius 2 is 2.38 bits per heavy atom. The molecule has 0 bridgehead atoms. The second-order valence-electron chi connectivity index (χ2n) is 2.36. The van der Waals surface area contributed by atoms with Crippen molar-refractivity contribution in [2.75, 3.05) is 5.73 Å². The van der Waals surface area contributed by atoms with Gasteiger partial charge >= 0.3 is 0 Å². The average Bonchev–Trinajstić information content (AvgIpc) is 2.71. The van der Waals surface area contributed by atoms with Gasteiger partial charge in [-0.3, -0.25) is 0 Å². The summed E-state index contributed by atoms with van der Waals surface area (Å²) in [6.45, 7) is 0. The van der Waals surface area contributed by atoms with Crippen molar-refractivity contribution in [2.24, 2.45) is 0 Å². The van der Waals surface area contributed by atoms with Gasteiger partial charge in [0, 0.05) is 0 Å². The average molecular weight is 175 g/mol. The second kappa shape index (κ2) is 2.64. The predicted molar refractivity (Wildman–Crippen MR) is 43.2 cm³/mol. The first-order chi connectivity index (χ1) is 6.29. The number of nitrogens with two attached hydrogens (primary N) is 1. The summed E-state index contributed by atoms with van der Waals surface area (Å²) >= 11 is 0. The van der Waals surface area contributed by atoms with E-state index in [1.165, 1.54) is 0 Å². The van der Waals surface area contributed by atoms with E-state index in [0.717, 1.165) is 0 Å². The predicted octanol–water partition coefficient (Wildman–Crippen LogP) is 0.519. The highest BCUT2D eigenvalue weighted by molar-refractivity contribution is 5.50. The zero-order chi connectivity index (χ0) is 9.26. The largest absolute Gasteiger partial charge is 0.365 e. The van der Waals surface area contributed by atoms with Gasteiger partial charge in [-0.25, -0.2) is 0 Å². The van der Waals surface area contributed by atoms with Crippen LogP contribution in [0.4, 0.5) is 5.95 Å². The van der Waals surface area contributed by atoms with Crippen LogP contribution in [0.15, 0.2) is 16.7 Å². The number of nitrogens with one attached hydrogen (secondary N) is 1. The maximum Gasteiger partial charge on any atom is 0.275 e. The van der Waals surface area contributed by atoms with E-state index in [2.05, 4.69) is 15.1 Å². The standard InChI is InChI=1S/C7H5N5O/c8-3-4-1-2-5(10-4)6-11-7(9)12-13-6/h1-2,10H,(H2,9,12). The molecule has 6 nitrogen and oxygen atoms in total. The lowest BCUT2D eigenvalue weighted by molar-refractivity contribution is 0.432. The molecule has 0 aromatic carbocycles. The van der Waals surface area contributed by atoms with Crippen molar-refractivity contribution in [1.82, 2.24) is 15.1 Å². The first-order valence-electron chi connectivity index (χ1n) is 3.48. The molecule has 0 radical (unpaired) electrons. The van der Waals surface area contributed by atoms with Crippen LogP contribution >= 0.6 is 0 Å². The Kier molecular flexibility index (Phi) is 1.49. The number of nitrogen functional groups attached to an aromatic ring is 1. The Hall–Kier alpha value is -2.29. The van der Waals surface area contributed by atoms with Gasteiger partial charge in [-0.2, -0.15) is 10.2 Å². The summed E-state index contributed by atoms with van der Waals surface area (Å²) in [7, 11) is 0. The van der Waals surface area contributed by atoms with Gasteiger partial charge in [0.2, 0.25) is 0 Å². The molecule has 0 fully saturated rings. The molecule has 2 rings (SSSR count). The number of anilines is 1. The van der Waals surface area contributed by atoms with Crippen LogP contribution in [-0.2, 0) is 0 Å². The Morgan fingerprint density at radius 1 is 1.54 bits per heavy atom. The topological polar surface area (TPSA) is 105 Å². The van der Waals surface area contributed by atoms with Crippen LogP contribution < -0.4 is 5.73 Å². The zero-order valence-corrected chi connectivity index (χ0v) is 6.48. The number of aromatic nitrogens is 3. The van der Waals surface area contributed by atoms with Gasteiger partial charge in [0.1, 0.15) is 17.5 Å². The first kappa shape index (κ1) is 7.36. The monoisotopic (exact) mass is 175 g/mol. The van der Waals surface area contributed by atoms with Crippen LogP contribution in [0.25, 0.3) is 11.6 Å². The number of hydrogen-bond donors (Lipinski definition) is 2. The molecule has 6 heteroatoms. The third kappa shape index (κ3) is 1.22. The van der Waals surface area contributed by atoms with Gasteiger partial charge in [0.05, 0.1) is 0 Å². The van der Waals surface area contributed by atoms with E-state index in [1.807, 2.05) is 6.07 Å². The quantitative estimate of drug-likeness (QED) is 0.657. The highest BCUT2D eigenvalue weighted by atomic mass is 16.5. The molecular weight excluding hydrogens is 170 g/mol. The van der Waals surface area contributed by atoms with Gasteiger partial charge in [0.15, 0.2) is 0 Å². The second-order valence-corrected chi connectivity index (χ2v) is 2.36. The van der Waals surface area contributed by atoms with Crippen LogP contribution in [0.5, 0.6) is 0 Å². The van der Waals surface area contributed by atoms with Gasteiger partial charge in [-0.15, -0.1) is 0 Å². The van der Waals surface area contributed by atoms with Crippen molar-refractivity contribution in [2.45, 2.75) is 0 Å². The van der Waals surface area contributed by atoms with Crippen molar-refractivity contribution in [3.63, 3.8) is 0 Å². The van der Waals surface area contributed by atoms with Crippen LogP contribution in [0.1, 0.15) is 5.69 Å². The number of nitriles is 1. The highest BCUT2D eigenvalue weighted by Gasteiger charge is 2.08. The van der Waals surface area contributed by atoms with Gasteiger partial charge in [-0.05, 0) is 17.3 Å². The molecule has 3 N–H and O–H groups in total. The van der Waals surface area contributed by atoms with Gasteiger partial charge in [0.25, 0.3) is 11.8 Å². The van der Waals surface area contributed by atoms with E-state index < -0.39 is 0 Å². The van der Waals surface area contributed by atoms with E-state index in [4.69, 9.17) is 15.5 Å². The molecule has 0 aliphatic rings. The molecule has 2 heterocycles. The third-order valence-corrected chi connectivity index (χ3v) is 1.48. The molecule has 2 aromatic rings. The summed E-state index contributed by atoms with van der Waals surface area (Å²) in [5.41, 5.74) is 6.28. The van der Waals surface area contributed by atoms with Crippen molar-refractivity contribution < 1.29 is 4.52 Å². The van der Waals surface area contributed by atoms with E-state index in [9.17, 15) is 0 Å². The Labute approximate surface area is 73.0 Å². The number of aromatic amines is 1. The Morgan fingerprint density at radius 3 is 2.92 bits per heavy atom. The summed E-state index contributed by atoms with van der Waals surface area (Å²) in [5.74, 6) is 0.349. The zero-order valence-electron chi connectivity index (χ0n) is 6.48. The summed E-state index contributed by atoms with van der Waals surface area (Å²) in [5, 5.41) is 11.9.